The highest BCUT2D eigenvalue weighted by Gasteiger charge is 2.20. The van der Waals surface area contributed by atoms with Crippen LogP contribution < -0.4 is 10.2 Å². The van der Waals surface area contributed by atoms with Crippen LogP contribution >= 0.6 is 23.4 Å². The lowest BCUT2D eigenvalue weighted by Gasteiger charge is -2.28. The van der Waals surface area contributed by atoms with E-state index in [1.54, 1.807) is 23.9 Å². The summed E-state index contributed by atoms with van der Waals surface area (Å²) in [5, 5.41) is 10.0. The Labute approximate surface area is 197 Å². The van der Waals surface area contributed by atoms with Crippen LogP contribution in [0.1, 0.15) is 38.2 Å². The van der Waals surface area contributed by atoms with Gasteiger partial charge in [-0.15, -0.1) is 0 Å². The second kappa shape index (κ2) is 11.0. The molecule has 0 bridgehead atoms. The summed E-state index contributed by atoms with van der Waals surface area (Å²) in [6.07, 6.45) is 6.92. The van der Waals surface area contributed by atoms with Crippen LogP contribution in [-0.2, 0) is 17.8 Å². The number of nitrogens with zero attached hydrogens (tertiary/aromatic N) is 5. The van der Waals surface area contributed by atoms with Gasteiger partial charge in [-0.1, -0.05) is 42.4 Å². The Bertz CT molecular complexity index is 1050. The highest BCUT2D eigenvalue weighted by molar-refractivity contribution is 7.99. The van der Waals surface area contributed by atoms with E-state index < -0.39 is 0 Å². The van der Waals surface area contributed by atoms with E-state index in [9.17, 15) is 4.79 Å². The number of piperidine rings is 1. The van der Waals surface area contributed by atoms with Crippen molar-refractivity contribution < 1.29 is 4.79 Å². The minimum atomic E-state index is -0.0217. The van der Waals surface area contributed by atoms with E-state index in [0.29, 0.717) is 24.5 Å². The minimum Gasteiger partial charge on any atom is -0.356 e. The molecule has 1 amide bonds. The summed E-state index contributed by atoms with van der Waals surface area (Å²) >= 11 is 7.60. The van der Waals surface area contributed by atoms with Crippen LogP contribution in [0.25, 0.3) is 11.0 Å². The van der Waals surface area contributed by atoms with Gasteiger partial charge in [0.15, 0.2) is 10.8 Å². The molecular weight excluding hydrogens is 444 g/mol. The monoisotopic (exact) mass is 472 g/mol. The van der Waals surface area contributed by atoms with Gasteiger partial charge in [0.05, 0.1) is 24.5 Å². The van der Waals surface area contributed by atoms with Crippen LogP contribution in [-0.4, -0.2) is 51.0 Å². The molecule has 0 aliphatic carbocycles. The van der Waals surface area contributed by atoms with Crippen LogP contribution in [0, 0.1) is 0 Å². The number of aromatic nitrogens is 4. The van der Waals surface area contributed by atoms with Crippen LogP contribution in [0.2, 0.25) is 5.02 Å². The van der Waals surface area contributed by atoms with Gasteiger partial charge < -0.3 is 10.2 Å². The lowest BCUT2D eigenvalue weighted by Crippen LogP contribution is -2.30. The zero-order valence-corrected chi connectivity index (χ0v) is 20.0. The van der Waals surface area contributed by atoms with E-state index in [-0.39, 0.29) is 5.91 Å². The van der Waals surface area contributed by atoms with Gasteiger partial charge in [0, 0.05) is 30.4 Å². The number of rotatable bonds is 9. The zero-order valence-electron chi connectivity index (χ0n) is 18.4. The smallest absolute Gasteiger partial charge is 0.224 e. The van der Waals surface area contributed by atoms with Crippen molar-refractivity contribution in [2.75, 3.05) is 30.3 Å². The van der Waals surface area contributed by atoms with Crippen molar-refractivity contribution in [2.45, 2.75) is 50.7 Å². The molecule has 9 heteroatoms. The third-order valence-electron chi connectivity index (χ3n) is 5.47. The van der Waals surface area contributed by atoms with Crippen molar-refractivity contribution in [1.82, 2.24) is 25.1 Å². The van der Waals surface area contributed by atoms with Crippen LogP contribution in [0.15, 0.2) is 35.6 Å². The predicted molar refractivity (Wildman–Crippen MR) is 131 cm³/mol. The van der Waals surface area contributed by atoms with Gasteiger partial charge in [-0.2, -0.15) is 5.10 Å². The molecule has 1 aromatic carbocycles. The highest BCUT2D eigenvalue weighted by Crippen LogP contribution is 2.29. The number of benzene rings is 1. The second-order valence-electron chi connectivity index (χ2n) is 7.98. The number of nitrogens with one attached hydrogen (secondary N) is 1. The summed E-state index contributed by atoms with van der Waals surface area (Å²) in [7, 11) is 0. The largest absolute Gasteiger partial charge is 0.356 e. The fourth-order valence-corrected chi connectivity index (χ4v) is 4.66. The van der Waals surface area contributed by atoms with Gasteiger partial charge in [-0.25, -0.2) is 14.6 Å². The SMILES string of the molecule is CCCSc1nc(N2CCCCC2)c2cnn(CCNC(=O)Cc3ccc(Cl)cc3)c2n1. The fraction of sp³-hybridized carbons (Fsp3) is 0.478. The Kier molecular flexibility index (Phi) is 7.86. The summed E-state index contributed by atoms with van der Waals surface area (Å²) in [4.78, 5) is 24.4. The molecule has 1 saturated heterocycles. The van der Waals surface area contributed by atoms with Crippen molar-refractivity contribution in [2.24, 2.45) is 0 Å². The average molecular weight is 473 g/mol. The molecule has 1 N–H and O–H groups in total. The molecule has 2 aromatic heterocycles. The first kappa shape index (κ1) is 22.9. The molecule has 3 aromatic rings. The number of halogens is 1. The topological polar surface area (TPSA) is 75.9 Å². The van der Waals surface area contributed by atoms with Crippen molar-refractivity contribution in [3.63, 3.8) is 0 Å². The molecule has 1 aliphatic heterocycles. The number of thioether (sulfide) groups is 1. The summed E-state index contributed by atoms with van der Waals surface area (Å²) in [5.41, 5.74) is 1.78. The molecule has 4 rings (SSSR count). The van der Waals surface area contributed by atoms with Gasteiger partial charge in [-0.05, 0) is 43.4 Å². The Morgan fingerprint density at radius 2 is 1.94 bits per heavy atom. The lowest BCUT2D eigenvalue weighted by atomic mass is 10.1. The van der Waals surface area contributed by atoms with E-state index in [4.69, 9.17) is 21.6 Å². The van der Waals surface area contributed by atoms with E-state index in [0.717, 1.165) is 52.8 Å². The molecule has 170 valence electrons. The number of anilines is 1. The van der Waals surface area contributed by atoms with Gasteiger partial charge in [0.25, 0.3) is 0 Å². The standard InChI is InChI=1S/C23H29ClN6OS/c1-2-14-32-23-27-21(29-11-4-3-5-12-29)19-16-26-30(22(19)28-23)13-10-25-20(31)15-17-6-8-18(24)9-7-17/h6-9,16H,2-5,10-15H2,1H3,(H,25,31). The Morgan fingerprint density at radius 3 is 2.69 bits per heavy atom. The van der Waals surface area contributed by atoms with E-state index >= 15 is 0 Å². The maximum Gasteiger partial charge on any atom is 0.224 e. The van der Waals surface area contributed by atoms with Crippen molar-refractivity contribution in [3.05, 3.63) is 41.0 Å². The van der Waals surface area contributed by atoms with Gasteiger partial charge in [-0.3, -0.25) is 4.79 Å². The van der Waals surface area contributed by atoms with Crippen molar-refractivity contribution in [1.29, 1.82) is 0 Å². The quantitative estimate of drug-likeness (QED) is 0.369. The highest BCUT2D eigenvalue weighted by atomic mass is 35.5. The molecule has 0 atom stereocenters. The zero-order chi connectivity index (χ0) is 22.3. The Balaban J connectivity index is 1.46. The van der Waals surface area contributed by atoms with Crippen LogP contribution in [0.4, 0.5) is 5.82 Å². The van der Waals surface area contributed by atoms with Crippen molar-refractivity contribution >= 4 is 46.1 Å². The summed E-state index contributed by atoms with van der Waals surface area (Å²) in [6.45, 7) is 5.26. The van der Waals surface area contributed by atoms with E-state index in [1.807, 2.05) is 23.0 Å². The number of hydrogen-bond donors (Lipinski definition) is 1. The molecule has 0 saturated carbocycles. The number of carbonyl (C=O) groups is 1. The normalized spacial score (nSPS) is 14.1. The molecule has 32 heavy (non-hydrogen) atoms. The summed E-state index contributed by atoms with van der Waals surface area (Å²) in [6, 6.07) is 7.34. The Hall–Kier alpha value is -2.32. The first-order chi connectivity index (χ1) is 15.6. The number of fused-ring (bicyclic) bond motifs is 1. The maximum atomic E-state index is 12.3. The summed E-state index contributed by atoms with van der Waals surface area (Å²) < 4.78 is 1.88. The second-order valence-corrected chi connectivity index (χ2v) is 9.48. The number of amides is 1. The molecule has 0 unspecified atom stereocenters. The Morgan fingerprint density at radius 1 is 1.16 bits per heavy atom. The van der Waals surface area contributed by atoms with E-state index in [2.05, 4.69) is 22.2 Å². The number of hydrogen-bond acceptors (Lipinski definition) is 6. The number of carbonyl (C=O) groups excluding carboxylic acids is 1. The fourth-order valence-electron chi connectivity index (χ4n) is 3.84. The predicted octanol–water partition coefficient (Wildman–Crippen LogP) is 4.33. The minimum absolute atomic E-state index is 0.0217. The van der Waals surface area contributed by atoms with Crippen molar-refractivity contribution in [3.8, 4) is 0 Å². The molecule has 0 spiro atoms. The van der Waals surface area contributed by atoms with E-state index in [1.165, 1.54) is 19.3 Å². The lowest BCUT2D eigenvalue weighted by molar-refractivity contribution is -0.120. The third-order valence-corrected chi connectivity index (χ3v) is 6.78. The first-order valence-electron chi connectivity index (χ1n) is 11.3. The first-order valence-corrected chi connectivity index (χ1v) is 12.6. The average Bonchev–Trinajstić information content (AvgIpc) is 3.22. The molecule has 1 aliphatic rings. The van der Waals surface area contributed by atoms with Crippen LogP contribution in [0.3, 0.4) is 0 Å². The van der Waals surface area contributed by atoms with Gasteiger partial charge in [0.2, 0.25) is 5.91 Å². The third kappa shape index (κ3) is 5.72. The molecular formula is C23H29ClN6OS. The molecule has 1 fully saturated rings. The van der Waals surface area contributed by atoms with Gasteiger partial charge in [0.1, 0.15) is 5.82 Å². The van der Waals surface area contributed by atoms with Gasteiger partial charge >= 0.3 is 0 Å². The molecule has 3 heterocycles. The molecule has 0 radical (unpaired) electrons. The maximum absolute atomic E-state index is 12.3. The van der Waals surface area contributed by atoms with Crippen LogP contribution in [0.5, 0.6) is 0 Å². The molecule has 7 nitrogen and oxygen atoms in total. The summed E-state index contributed by atoms with van der Waals surface area (Å²) in [5.74, 6) is 1.96.